The predicted octanol–water partition coefficient (Wildman–Crippen LogP) is 2.77. The number of nitrogens with one attached hydrogen (secondary N) is 2. The lowest BCUT2D eigenvalue weighted by Crippen LogP contribution is -2.44. The zero-order valence-corrected chi connectivity index (χ0v) is 19.5. The van der Waals surface area contributed by atoms with Crippen molar-refractivity contribution >= 4 is 27.5 Å². The van der Waals surface area contributed by atoms with Crippen molar-refractivity contribution in [2.75, 3.05) is 31.0 Å². The molecule has 4 rings (SSSR count). The quantitative estimate of drug-likeness (QED) is 0.622. The molecular formula is C24H28FN3O5S. The lowest BCUT2D eigenvalue weighted by atomic mass is 9.95. The molecule has 2 N–H and O–H groups in total. The Bertz CT molecular complexity index is 1110. The van der Waals surface area contributed by atoms with E-state index < -0.39 is 15.8 Å². The zero-order valence-electron chi connectivity index (χ0n) is 18.7. The molecule has 182 valence electrons. The van der Waals surface area contributed by atoms with Gasteiger partial charge in [0.25, 0.3) is 15.9 Å². The van der Waals surface area contributed by atoms with E-state index in [4.69, 9.17) is 4.74 Å². The molecule has 0 aliphatic carbocycles. The van der Waals surface area contributed by atoms with Crippen LogP contribution in [0, 0.1) is 11.7 Å². The number of benzene rings is 2. The molecule has 2 aliphatic heterocycles. The number of halogens is 1. The van der Waals surface area contributed by atoms with E-state index in [1.165, 1.54) is 24.3 Å². The molecule has 2 amide bonds. The van der Waals surface area contributed by atoms with E-state index in [2.05, 4.69) is 10.0 Å². The van der Waals surface area contributed by atoms with Crippen LogP contribution in [-0.2, 0) is 19.6 Å². The van der Waals surface area contributed by atoms with Crippen LogP contribution >= 0.6 is 0 Å². The predicted molar refractivity (Wildman–Crippen MR) is 124 cm³/mol. The third-order valence-electron chi connectivity index (χ3n) is 6.19. The molecule has 2 aromatic carbocycles. The zero-order chi connectivity index (χ0) is 24.1. The van der Waals surface area contributed by atoms with Crippen LogP contribution in [0.4, 0.5) is 10.1 Å². The molecular weight excluding hydrogens is 461 g/mol. The van der Waals surface area contributed by atoms with Crippen LogP contribution in [0.5, 0.6) is 0 Å². The van der Waals surface area contributed by atoms with Crippen LogP contribution in [0.25, 0.3) is 0 Å². The molecule has 0 saturated carbocycles. The number of anilines is 1. The summed E-state index contributed by atoms with van der Waals surface area (Å²) in [7, 11) is -3.87. The Kier molecular flexibility index (Phi) is 7.47. The Morgan fingerprint density at radius 3 is 2.29 bits per heavy atom. The van der Waals surface area contributed by atoms with Gasteiger partial charge in [-0.15, -0.1) is 0 Å². The van der Waals surface area contributed by atoms with Crippen molar-refractivity contribution in [3.05, 3.63) is 59.9 Å². The number of hydrogen-bond acceptors (Lipinski definition) is 5. The molecule has 2 aliphatic rings. The first-order valence-corrected chi connectivity index (χ1v) is 12.9. The Labute approximate surface area is 198 Å². The highest BCUT2D eigenvalue weighted by molar-refractivity contribution is 7.92. The molecule has 1 unspecified atom stereocenters. The van der Waals surface area contributed by atoms with E-state index in [1.54, 1.807) is 17.0 Å². The Morgan fingerprint density at radius 1 is 1.00 bits per heavy atom. The number of likely N-dealkylation sites (tertiary alicyclic amines) is 1. The largest absolute Gasteiger partial charge is 0.376 e. The van der Waals surface area contributed by atoms with Crippen molar-refractivity contribution in [3.63, 3.8) is 0 Å². The first-order chi connectivity index (χ1) is 16.3. The highest BCUT2D eigenvalue weighted by atomic mass is 32.2. The number of rotatable bonds is 7. The van der Waals surface area contributed by atoms with E-state index in [0.29, 0.717) is 43.7 Å². The van der Waals surface area contributed by atoms with Crippen molar-refractivity contribution in [1.82, 2.24) is 10.2 Å². The summed E-state index contributed by atoms with van der Waals surface area (Å²) in [5.74, 6) is -0.787. The van der Waals surface area contributed by atoms with Gasteiger partial charge < -0.3 is 15.0 Å². The van der Waals surface area contributed by atoms with E-state index in [9.17, 15) is 22.4 Å². The second-order valence-corrected chi connectivity index (χ2v) is 10.3. The fourth-order valence-electron chi connectivity index (χ4n) is 4.20. The summed E-state index contributed by atoms with van der Waals surface area (Å²) in [6.07, 6.45) is 3.30. The molecule has 8 nitrogen and oxygen atoms in total. The van der Waals surface area contributed by atoms with Gasteiger partial charge in [-0.3, -0.25) is 14.3 Å². The third-order valence-corrected chi connectivity index (χ3v) is 7.59. The average molecular weight is 490 g/mol. The highest BCUT2D eigenvalue weighted by Gasteiger charge is 2.28. The van der Waals surface area contributed by atoms with Crippen molar-refractivity contribution in [2.24, 2.45) is 5.92 Å². The van der Waals surface area contributed by atoms with Gasteiger partial charge in [-0.05, 0) is 74.2 Å². The number of nitrogens with zero attached hydrogens (tertiary/aromatic N) is 1. The van der Waals surface area contributed by atoms with Gasteiger partial charge in [-0.2, -0.15) is 0 Å². The standard InChI is InChI=1S/C24H28FN3O5S/c25-19-5-9-22(10-6-19)34(31,32)27-20-7-3-18(4-8-20)24(30)28-13-11-17(12-14-28)23(29)26-16-21-2-1-15-33-21/h3-10,17,21,27H,1-2,11-16H2,(H,26,29). The van der Waals surface area contributed by atoms with Gasteiger partial charge in [0.1, 0.15) is 5.82 Å². The number of piperidine rings is 1. The topological polar surface area (TPSA) is 105 Å². The minimum atomic E-state index is -3.87. The van der Waals surface area contributed by atoms with Crippen LogP contribution < -0.4 is 10.0 Å². The minimum Gasteiger partial charge on any atom is -0.376 e. The summed E-state index contributed by atoms with van der Waals surface area (Å²) in [5.41, 5.74) is 0.730. The van der Waals surface area contributed by atoms with Gasteiger partial charge in [-0.25, -0.2) is 12.8 Å². The van der Waals surface area contributed by atoms with Crippen LogP contribution in [-0.4, -0.2) is 57.5 Å². The molecule has 2 fully saturated rings. The number of amides is 2. The Morgan fingerprint density at radius 2 is 1.68 bits per heavy atom. The van der Waals surface area contributed by atoms with Crippen molar-refractivity contribution < 1.29 is 27.1 Å². The lowest BCUT2D eigenvalue weighted by molar-refractivity contribution is -0.126. The smallest absolute Gasteiger partial charge is 0.261 e. The maximum atomic E-state index is 13.1. The minimum absolute atomic E-state index is 0.0143. The van der Waals surface area contributed by atoms with E-state index >= 15 is 0 Å². The van der Waals surface area contributed by atoms with Crippen LogP contribution in [0.1, 0.15) is 36.0 Å². The number of ether oxygens (including phenoxy) is 1. The fraction of sp³-hybridized carbons (Fsp3) is 0.417. The van der Waals surface area contributed by atoms with Gasteiger partial charge in [0.15, 0.2) is 0 Å². The van der Waals surface area contributed by atoms with E-state index in [-0.39, 0.29) is 28.7 Å². The molecule has 2 aromatic rings. The highest BCUT2D eigenvalue weighted by Crippen LogP contribution is 2.22. The summed E-state index contributed by atoms with van der Waals surface area (Å²) in [4.78, 5) is 26.9. The van der Waals surface area contributed by atoms with Crippen molar-refractivity contribution in [2.45, 2.75) is 36.7 Å². The number of sulfonamides is 1. The van der Waals surface area contributed by atoms with Crippen LogP contribution in [0.2, 0.25) is 0 Å². The molecule has 34 heavy (non-hydrogen) atoms. The SMILES string of the molecule is O=C(NCC1CCCO1)C1CCN(C(=O)c2ccc(NS(=O)(=O)c3ccc(F)cc3)cc2)CC1. The molecule has 0 spiro atoms. The third kappa shape index (κ3) is 5.92. The molecule has 0 radical (unpaired) electrons. The molecule has 0 aromatic heterocycles. The van der Waals surface area contributed by atoms with Gasteiger partial charge in [0.2, 0.25) is 5.91 Å². The van der Waals surface area contributed by atoms with Gasteiger partial charge in [0, 0.05) is 43.4 Å². The first-order valence-electron chi connectivity index (χ1n) is 11.4. The molecule has 1 atom stereocenters. The summed E-state index contributed by atoms with van der Waals surface area (Å²) in [6.45, 7) is 2.25. The van der Waals surface area contributed by atoms with E-state index in [0.717, 1.165) is 31.6 Å². The molecule has 2 heterocycles. The Hall–Kier alpha value is -2.98. The number of hydrogen-bond donors (Lipinski definition) is 2. The second kappa shape index (κ2) is 10.5. The van der Waals surface area contributed by atoms with Crippen LogP contribution in [0.3, 0.4) is 0 Å². The first kappa shape index (κ1) is 24.2. The Balaban J connectivity index is 1.28. The summed E-state index contributed by atoms with van der Waals surface area (Å²) in [5, 5.41) is 2.97. The van der Waals surface area contributed by atoms with Gasteiger partial charge in [0.05, 0.1) is 11.0 Å². The molecule has 2 saturated heterocycles. The van der Waals surface area contributed by atoms with E-state index in [1.807, 2.05) is 0 Å². The summed E-state index contributed by atoms with van der Waals surface area (Å²) >= 11 is 0. The summed E-state index contributed by atoms with van der Waals surface area (Å²) in [6, 6.07) is 10.7. The number of carbonyl (C=O) groups is 2. The lowest BCUT2D eigenvalue weighted by Gasteiger charge is -2.31. The van der Waals surface area contributed by atoms with Crippen LogP contribution in [0.15, 0.2) is 53.4 Å². The second-order valence-electron chi connectivity index (χ2n) is 8.58. The van der Waals surface area contributed by atoms with Crippen molar-refractivity contribution in [3.8, 4) is 0 Å². The average Bonchev–Trinajstić information content (AvgIpc) is 3.36. The number of carbonyl (C=O) groups excluding carboxylic acids is 2. The van der Waals surface area contributed by atoms with Gasteiger partial charge >= 0.3 is 0 Å². The normalized spacial score (nSPS) is 19.1. The maximum absolute atomic E-state index is 13.1. The summed E-state index contributed by atoms with van der Waals surface area (Å²) < 4.78 is 45.9. The van der Waals surface area contributed by atoms with Crippen molar-refractivity contribution in [1.29, 1.82) is 0 Å². The molecule has 10 heteroatoms. The molecule has 0 bridgehead atoms. The fourth-order valence-corrected chi connectivity index (χ4v) is 5.26. The maximum Gasteiger partial charge on any atom is 0.261 e. The monoisotopic (exact) mass is 489 g/mol. The van der Waals surface area contributed by atoms with Gasteiger partial charge in [-0.1, -0.05) is 0 Å².